The largest absolute Gasteiger partial charge is 0.435 e. The zero-order chi connectivity index (χ0) is 21.5. The Morgan fingerprint density at radius 2 is 1.90 bits per heavy atom. The van der Waals surface area contributed by atoms with Crippen LogP contribution in [0.25, 0.3) is 5.78 Å². The van der Waals surface area contributed by atoms with E-state index in [-0.39, 0.29) is 29.2 Å². The smallest absolute Gasteiger partial charge is 0.387 e. The summed E-state index contributed by atoms with van der Waals surface area (Å²) in [6.07, 6.45) is 2.38. The number of benzene rings is 1. The molecule has 3 atom stereocenters. The average molecular weight is 435 g/mol. The Morgan fingerprint density at radius 3 is 2.71 bits per heavy atom. The number of aromatic nitrogens is 4. The van der Waals surface area contributed by atoms with Gasteiger partial charge in [0.15, 0.2) is 0 Å². The van der Waals surface area contributed by atoms with E-state index in [1.807, 2.05) is 6.07 Å². The number of piperidine rings is 1. The number of fused-ring (bicyclic) bond motifs is 3. The molecule has 0 spiro atoms. The SMILES string of the molecule is FC(F)Oc1cccc(CN2[C@H]3CC[C@H](c4cc(C(F)F)nc5ncnn45)[C@@H]2CC3)c1. The van der Waals surface area contributed by atoms with Crippen LogP contribution in [0.5, 0.6) is 5.75 Å². The monoisotopic (exact) mass is 435 g/mol. The van der Waals surface area contributed by atoms with Gasteiger partial charge < -0.3 is 4.74 Å². The second-order valence-electron chi connectivity index (χ2n) is 8.06. The van der Waals surface area contributed by atoms with Crippen LogP contribution in [-0.2, 0) is 6.54 Å². The van der Waals surface area contributed by atoms with E-state index in [1.54, 1.807) is 16.6 Å². The number of hydrogen-bond donors (Lipinski definition) is 0. The van der Waals surface area contributed by atoms with Gasteiger partial charge in [-0.1, -0.05) is 12.1 Å². The molecule has 2 bridgehead atoms. The predicted molar refractivity (Wildman–Crippen MR) is 103 cm³/mol. The fraction of sp³-hybridized carbons (Fsp3) is 0.476. The first kappa shape index (κ1) is 20.2. The Morgan fingerprint density at radius 1 is 1.06 bits per heavy atom. The van der Waals surface area contributed by atoms with E-state index in [2.05, 4.69) is 24.7 Å². The maximum absolute atomic E-state index is 13.4. The summed E-state index contributed by atoms with van der Waals surface area (Å²) in [4.78, 5) is 10.3. The van der Waals surface area contributed by atoms with Crippen molar-refractivity contribution in [1.29, 1.82) is 0 Å². The molecule has 0 saturated carbocycles. The summed E-state index contributed by atoms with van der Waals surface area (Å²) in [6, 6.07) is 8.69. The molecule has 0 N–H and O–H groups in total. The van der Waals surface area contributed by atoms with Crippen LogP contribution in [0.3, 0.4) is 0 Å². The minimum atomic E-state index is -2.87. The average Bonchev–Trinajstić information content (AvgIpc) is 3.29. The Labute approximate surface area is 175 Å². The zero-order valence-corrected chi connectivity index (χ0v) is 16.5. The van der Waals surface area contributed by atoms with Gasteiger partial charge in [0.05, 0.1) is 5.69 Å². The lowest BCUT2D eigenvalue weighted by atomic mass is 9.86. The Kier molecular flexibility index (Phi) is 5.25. The molecule has 5 rings (SSSR count). The summed E-state index contributed by atoms with van der Waals surface area (Å²) in [7, 11) is 0. The molecule has 2 fully saturated rings. The molecule has 1 aromatic carbocycles. The molecule has 0 radical (unpaired) electrons. The van der Waals surface area contributed by atoms with Gasteiger partial charge in [-0.05, 0) is 49.4 Å². The van der Waals surface area contributed by atoms with Crippen molar-refractivity contribution < 1.29 is 22.3 Å². The van der Waals surface area contributed by atoms with Crippen LogP contribution in [0.2, 0.25) is 0 Å². The first-order valence-corrected chi connectivity index (χ1v) is 10.3. The molecule has 6 nitrogen and oxygen atoms in total. The summed E-state index contributed by atoms with van der Waals surface area (Å²) in [5, 5.41) is 4.22. The highest BCUT2D eigenvalue weighted by Gasteiger charge is 2.43. The highest BCUT2D eigenvalue weighted by Crippen LogP contribution is 2.45. The molecular weight excluding hydrogens is 414 g/mol. The van der Waals surface area contributed by atoms with Crippen molar-refractivity contribution in [3.8, 4) is 5.75 Å². The highest BCUT2D eigenvalue weighted by molar-refractivity contribution is 5.34. The Hall–Kier alpha value is -2.75. The molecule has 0 aliphatic carbocycles. The third kappa shape index (κ3) is 3.84. The molecule has 164 valence electrons. The third-order valence-electron chi connectivity index (χ3n) is 6.36. The van der Waals surface area contributed by atoms with E-state index >= 15 is 0 Å². The normalized spacial score (nSPS) is 23.9. The quantitative estimate of drug-likeness (QED) is 0.531. The Bertz CT molecular complexity index is 1070. The third-order valence-corrected chi connectivity index (χ3v) is 6.36. The van der Waals surface area contributed by atoms with Gasteiger partial charge in [-0.2, -0.15) is 18.9 Å². The molecule has 2 aliphatic heterocycles. The Balaban J connectivity index is 1.45. The molecule has 2 saturated heterocycles. The van der Waals surface area contributed by atoms with E-state index in [4.69, 9.17) is 0 Å². The number of hydrogen-bond acceptors (Lipinski definition) is 5. The maximum Gasteiger partial charge on any atom is 0.387 e. The van der Waals surface area contributed by atoms with Gasteiger partial charge in [-0.3, -0.25) is 4.90 Å². The number of alkyl halides is 4. The van der Waals surface area contributed by atoms with Crippen molar-refractivity contribution in [2.24, 2.45) is 0 Å². The lowest BCUT2D eigenvalue weighted by Gasteiger charge is -2.40. The van der Waals surface area contributed by atoms with Gasteiger partial charge >= 0.3 is 6.61 Å². The fourth-order valence-electron chi connectivity index (χ4n) is 5.12. The van der Waals surface area contributed by atoms with Gasteiger partial charge in [0.2, 0.25) is 0 Å². The topological polar surface area (TPSA) is 55.5 Å². The molecular formula is C21H21F4N5O. The zero-order valence-electron chi connectivity index (χ0n) is 16.5. The molecule has 31 heavy (non-hydrogen) atoms. The number of ether oxygens (including phenoxy) is 1. The van der Waals surface area contributed by atoms with E-state index in [0.717, 1.165) is 31.2 Å². The van der Waals surface area contributed by atoms with E-state index in [0.29, 0.717) is 18.3 Å². The van der Waals surface area contributed by atoms with Crippen LogP contribution in [0.4, 0.5) is 17.6 Å². The lowest BCUT2D eigenvalue weighted by molar-refractivity contribution is -0.0499. The van der Waals surface area contributed by atoms with Gasteiger partial charge in [-0.15, -0.1) is 0 Å². The molecule has 3 aromatic rings. The number of rotatable bonds is 6. The summed E-state index contributed by atoms with van der Waals surface area (Å²) in [5.41, 5.74) is 1.28. The summed E-state index contributed by atoms with van der Waals surface area (Å²) >= 11 is 0. The number of halogens is 4. The standard InChI is InChI=1S/C21H21F4N5O/c22-19(23)16-9-18(30-21(28-16)26-11-27-30)15-6-4-13-5-7-17(15)29(13)10-12-2-1-3-14(8-12)31-20(24)25/h1-3,8-9,11,13,15,17,19-20H,4-7,10H2/t13-,15-,17-/m0/s1. The minimum absolute atomic E-state index is 0.00365. The van der Waals surface area contributed by atoms with Crippen molar-refractivity contribution in [3.05, 3.63) is 53.6 Å². The first-order chi connectivity index (χ1) is 15.0. The number of nitrogens with zero attached hydrogens (tertiary/aromatic N) is 5. The van der Waals surface area contributed by atoms with Gasteiger partial charge in [0, 0.05) is 24.5 Å². The van der Waals surface area contributed by atoms with Crippen LogP contribution in [0, 0.1) is 0 Å². The maximum atomic E-state index is 13.4. The van der Waals surface area contributed by atoms with Crippen molar-refractivity contribution in [2.75, 3.05) is 0 Å². The summed E-state index contributed by atoms with van der Waals surface area (Å²) in [6.45, 7) is -2.29. The van der Waals surface area contributed by atoms with Crippen LogP contribution < -0.4 is 4.74 Å². The fourth-order valence-corrected chi connectivity index (χ4v) is 5.12. The van der Waals surface area contributed by atoms with Crippen LogP contribution in [-0.4, -0.2) is 43.2 Å². The summed E-state index contributed by atoms with van der Waals surface area (Å²) < 4.78 is 58.1. The van der Waals surface area contributed by atoms with Crippen molar-refractivity contribution in [2.45, 2.75) is 63.3 Å². The highest BCUT2D eigenvalue weighted by atomic mass is 19.3. The van der Waals surface area contributed by atoms with E-state index < -0.39 is 13.0 Å². The van der Waals surface area contributed by atoms with Gasteiger partial charge in [-0.25, -0.2) is 18.3 Å². The van der Waals surface area contributed by atoms with Gasteiger partial charge in [0.1, 0.15) is 17.8 Å². The first-order valence-electron chi connectivity index (χ1n) is 10.3. The van der Waals surface area contributed by atoms with Crippen molar-refractivity contribution >= 4 is 5.78 Å². The second-order valence-corrected chi connectivity index (χ2v) is 8.06. The van der Waals surface area contributed by atoms with Crippen molar-refractivity contribution in [1.82, 2.24) is 24.5 Å². The molecule has 0 unspecified atom stereocenters. The molecule has 4 heterocycles. The predicted octanol–water partition coefficient (Wildman–Crippen LogP) is 4.57. The molecule has 10 heteroatoms. The van der Waals surface area contributed by atoms with E-state index in [9.17, 15) is 17.6 Å². The second kappa shape index (κ2) is 8.07. The summed E-state index contributed by atoms with van der Waals surface area (Å²) in [5.74, 6) is 0.314. The van der Waals surface area contributed by atoms with Gasteiger partial charge in [0.25, 0.3) is 12.2 Å². The van der Waals surface area contributed by atoms with Crippen LogP contribution in [0.1, 0.15) is 55.0 Å². The minimum Gasteiger partial charge on any atom is -0.435 e. The lowest BCUT2D eigenvalue weighted by Crippen LogP contribution is -2.43. The van der Waals surface area contributed by atoms with Crippen LogP contribution >= 0.6 is 0 Å². The molecule has 2 aliphatic rings. The van der Waals surface area contributed by atoms with Crippen molar-refractivity contribution in [3.63, 3.8) is 0 Å². The molecule has 0 amide bonds. The molecule has 2 aromatic heterocycles. The van der Waals surface area contributed by atoms with Crippen LogP contribution in [0.15, 0.2) is 36.7 Å². The van der Waals surface area contributed by atoms with E-state index in [1.165, 1.54) is 18.5 Å².